The molecule has 0 saturated heterocycles. The number of nitrogens with zero attached hydrogens (tertiary/aromatic N) is 3. The highest BCUT2D eigenvalue weighted by Crippen LogP contribution is 2.51. The molecule has 10 aromatic carbocycles. The van der Waals surface area contributed by atoms with Crippen LogP contribution in [-0.4, -0.2) is 14.5 Å². The number of hydrogen-bond donors (Lipinski definition) is 0. The number of rotatable bonds is 2. The molecule has 0 saturated carbocycles. The first-order valence-electron chi connectivity index (χ1n) is 18.7. The van der Waals surface area contributed by atoms with Gasteiger partial charge in [0.2, 0.25) is 5.95 Å². The largest absolute Gasteiger partial charge is 0.278 e. The first-order chi connectivity index (χ1) is 27.3. The minimum Gasteiger partial charge on any atom is -0.278 e. The van der Waals surface area contributed by atoms with E-state index in [1.54, 1.807) is 11.3 Å². The Morgan fingerprint density at radius 1 is 0.364 bits per heavy atom. The Balaban J connectivity index is 1.19. The molecule has 0 bridgehead atoms. The molecule has 0 radical (unpaired) electrons. The summed E-state index contributed by atoms with van der Waals surface area (Å²) in [5, 5.41) is 19.2. The fraction of sp³-hybridized carbons (Fsp3) is 0. The first kappa shape index (κ1) is 28.8. The third-order valence-corrected chi connectivity index (χ3v) is 14.4. The number of thiophene rings is 2. The lowest BCUT2D eigenvalue weighted by molar-refractivity contribution is 1.02. The van der Waals surface area contributed by atoms with Crippen molar-refractivity contribution in [3.8, 4) is 17.2 Å². The van der Waals surface area contributed by atoms with Gasteiger partial charge in [0, 0.05) is 52.0 Å². The van der Waals surface area contributed by atoms with Crippen molar-refractivity contribution in [2.45, 2.75) is 0 Å². The van der Waals surface area contributed by atoms with Gasteiger partial charge < -0.3 is 0 Å². The molecule has 0 N–H and O–H groups in total. The lowest BCUT2D eigenvalue weighted by Gasteiger charge is -2.12. The average Bonchev–Trinajstić information content (AvgIpc) is 3.97. The molecule has 55 heavy (non-hydrogen) atoms. The summed E-state index contributed by atoms with van der Waals surface area (Å²) in [5.74, 6) is 0.698. The second-order valence-corrected chi connectivity index (χ2v) is 16.9. The molecule has 252 valence electrons. The van der Waals surface area contributed by atoms with E-state index in [1.165, 1.54) is 89.5 Å². The van der Waals surface area contributed by atoms with E-state index < -0.39 is 0 Å². The van der Waals surface area contributed by atoms with Crippen LogP contribution in [0.4, 0.5) is 0 Å². The molecule has 14 aromatic rings. The van der Waals surface area contributed by atoms with Crippen LogP contribution >= 0.6 is 22.7 Å². The molecule has 4 heterocycles. The maximum atomic E-state index is 5.64. The van der Waals surface area contributed by atoms with E-state index in [2.05, 4.69) is 156 Å². The third-order valence-electron chi connectivity index (χ3n) is 12.1. The summed E-state index contributed by atoms with van der Waals surface area (Å²) >= 11 is 3.64. The molecule has 4 aromatic heterocycles. The van der Waals surface area contributed by atoms with Gasteiger partial charge in [0.05, 0.1) is 26.9 Å². The van der Waals surface area contributed by atoms with E-state index in [9.17, 15) is 0 Å². The van der Waals surface area contributed by atoms with Gasteiger partial charge in [0.1, 0.15) is 0 Å². The fourth-order valence-corrected chi connectivity index (χ4v) is 12.2. The zero-order valence-corrected chi connectivity index (χ0v) is 30.7. The molecule has 0 atom stereocenters. The summed E-state index contributed by atoms with van der Waals surface area (Å²) in [6.45, 7) is 0. The summed E-state index contributed by atoms with van der Waals surface area (Å²) in [6, 6.07) is 56.0. The van der Waals surface area contributed by atoms with Crippen LogP contribution in [0.15, 0.2) is 152 Å². The number of hydrogen-bond acceptors (Lipinski definition) is 4. The standard InChI is InChI=1S/C50H25N3S2/c1-2-11-28-27(10-1)33-16-9-17-38-44(33)46-39(25-37-30-13-4-3-12-29(30)34-22-23-35(28)45(46)43(34)37)53(38)50-51-47(49-48(52-50)36-15-6-8-19-41(36)55-49)26-20-21-32-31-14-5-7-18-40(31)54-42(32)24-26/h1-25H. The van der Waals surface area contributed by atoms with Gasteiger partial charge in [-0.3, -0.25) is 4.57 Å². The number of aromatic nitrogens is 3. The first-order valence-corrected chi connectivity index (χ1v) is 20.3. The lowest BCUT2D eigenvalue weighted by atomic mass is 9.97. The van der Waals surface area contributed by atoms with E-state index >= 15 is 0 Å². The van der Waals surface area contributed by atoms with Gasteiger partial charge in [-0.05, 0) is 78.8 Å². The summed E-state index contributed by atoms with van der Waals surface area (Å²) < 4.78 is 7.27. The minimum atomic E-state index is 0.698. The van der Waals surface area contributed by atoms with Crippen molar-refractivity contribution in [2.75, 3.05) is 0 Å². The predicted molar refractivity (Wildman–Crippen MR) is 237 cm³/mol. The van der Waals surface area contributed by atoms with E-state index in [-0.39, 0.29) is 0 Å². The molecule has 0 spiro atoms. The predicted octanol–water partition coefficient (Wildman–Crippen LogP) is 14.6. The molecule has 0 fully saturated rings. The highest BCUT2D eigenvalue weighted by Gasteiger charge is 2.26. The smallest absolute Gasteiger partial charge is 0.235 e. The van der Waals surface area contributed by atoms with E-state index in [1.807, 2.05) is 11.3 Å². The second-order valence-electron chi connectivity index (χ2n) is 14.8. The van der Waals surface area contributed by atoms with Crippen molar-refractivity contribution in [1.82, 2.24) is 14.5 Å². The Morgan fingerprint density at radius 2 is 0.945 bits per heavy atom. The van der Waals surface area contributed by atoms with Gasteiger partial charge in [0.15, 0.2) is 0 Å². The maximum absolute atomic E-state index is 5.64. The van der Waals surface area contributed by atoms with Crippen LogP contribution in [0.1, 0.15) is 0 Å². The van der Waals surface area contributed by atoms with Crippen LogP contribution in [-0.2, 0) is 0 Å². The van der Waals surface area contributed by atoms with Crippen LogP contribution in [0.3, 0.4) is 0 Å². The molecular formula is C50H25N3S2. The van der Waals surface area contributed by atoms with Gasteiger partial charge in [-0.2, -0.15) is 0 Å². The van der Waals surface area contributed by atoms with E-state index in [4.69, 9.17) is 9.97 Å². The highest BCUT2D eigenvalue weighted by atomic mass is 32.1. The van der Waals surface area contributed by atoms with Gasteiger partial charge in [-0.15, -0.1) is 22.7 Å². The van der Waals surface area contributed by atoms with E-state index in [0.717, 1.165) is 37.9 Å². The van der Waals surface area contributed by atoms with Gasteiger partial charge in [-0.1, -0.05) is 121 Å². The summed E-state index contributed by atoms with van der Waals surface area (Å²) in [4.78, 5) is 11.2. The molecule has 0 aliphatic carbocycles. The summed E-state index contributed by atoms with van der Waals surface area (Å²) in [6.07, 6.45) is 0. The molecule has 0 amide bonds. The summed E-state index contributed by atoms with van der Waals surface area (Å²) in [5.41, 5.74) is 5.35. The normalized spacial score (nSPS) is 12.7. The summed E-state index contributed by atoms with van der Waals surface area (Å²) in [7, 11) is 0. The van der Waals surface area contributed by atoms with Gasteiger partial charge in [0.25, 0.3) is 0 Å². The van der Waals surface area contributed by atoms with Crippen molar-refractivity contribution in [3.63, 3.8) is 0 Å². The zero-order chi connectivity index (χ0) is 35.5. The number of fused-ring (bicyclic) bond motifs is 12. The Kier molecular flexibility index (Phi) is 5.29. The minimum absolute atomic E-state index is 0.698. The molecular weight excluding hydrogens is 707 g/mol. The van der Waals surface area contributed by atoms with Crippen molar-refractivity contribution >= 4 is 139 Å². The van der Waals surface area contributed by atoms with Crippen LogP contribution in [0, 0.1) is 0 Å². The quantitative estimate of drug-likeness (QED) is 0.177. The zero-order valence-electron chi connectivity index (χ0n) is 29.1. The van der Waals surface area contributed by atoms with Gasteiger partial charge >= 0.3 is 0 Å². The Hall–Kier alpha value is -6.66. The molecule has 0 aliphatic heterocycles. The van der Waals surface area contributed by atoms with Crippen molar-refractivity contribution in [2.24, 2.45) is 0 Å². The Bertz CT molecular complexity index is 3960. The molecule has 0 unspecified atom stereocenters. The van der Waals surface area contributed by atoms with Gasteiger partial charge in [-0.25, -0.2) is 9.97 Å². The molecule has 0 aliphatic rings. The Morgan fingerprint density at radius 3 is 1.71 bits per heavy atom. The third kappa shape index (κ3) is 3.56. The Labute approximate surface area is 320 Å². The SMILES string of the molecule is c1ccc2c(c1)sc1cc(-c3nc(-n4c5cccc6c7ccccc7c7ccc8c9ccccc9c9cc4c(c7c89)c65)nc4c3sc3ccccc34)ccc12. The van der Waals surface area contributed by atoms with E-state index in [0.29, 0.717) is 5.95 Å². The second kappa shape index (κ2) is 10.1. The highest BCUT2D eigenvalue weighted by molar-refractivity contribution is 7.26. The molecule has 5 heteroatoms. The monoisotopic (exact) mass is 731 g/mol. The maximum Gasteiger partial charge on any atom is 0.235 e. The topological polar surface area (TPSA) is 30.7 Å². The lowest BCUT2D eigenvalue weighted by Crippen LogP contribution is -2.02. The number of benzene rings is 8. The van der Waals surface area contributed by atoms with Crippen LogP contribution in [0.25, 0.3) is 133 Å². The van der Waals surface area contributed by atoms with Crippen molar-refractivity contribution in [3.05, 3.63) is 152 Å². The van der Waals surface area contributed by atoms with Crippen LogP contribution < -0.4 is 0 Å². The average molecular weight is 732 g/mol. The molecule has 14 rings (SSSR count). The fourth-order valence-electron chi connectivity index (χ4n) is 9.85. The molecule has 3 nitrogen and oxygen atoms in total. The van der Waals surface area contributed by atoms with Crippen LogP contribution in [0.5, 0.6) is 0 Å². The van der Waals surface area contributed by atoms with Crippen molar-refractivity contribution in [1.29, 1.82) is 0 Å². The van der Waals surface area contributed by atoms with Crippen molar-refractivity contribution < 1.29 is 0 Å². The van der Waals surface area contributed by atoms with Crippen LogP contribution in [0.2, 0.25) is 0 Å².